The van der Waals surface area contributed by atoms with Crippen molar-refractivity contribution in [3.63, 3.8) is 0 Å². The first-order chi connectivity index (χ1) is 14.5. The van der Waals surface area contributed by atoms with Crippen molar-refractivity contribution in [2.75, 3.05) is 6.54 Å². The van der Waals surface area contributed by atoms with E-state index in [4.69, 9.17) is 16.3 Å². The summed E-state index contributed by atoms with van der Waals surface area (Å²) in [5, 5.41) is 7.66. The summed E-state index contributed by atoms with van der Waals surface area (Å²) in [6.07, 6.45) is 7.74. The zero-order valence-corrected chi connectivity index (χ0v) is 19.2. The van der Waals surface area contributed by atoms with Gasteiger partial charge in [0.15, 0.2) is 5.06 Å². The van der Waals surface area contributed by atoms with E-state index in [1.54, 1.807) is 11.3 Å². The van der Waals surface area contributed by atoms with Crippen molar-refractivity contribution in [1.29, 1.82) is 0 Å². The van der Waals surface area contributed by atoms with Crippen LogP contribution in [0.25, 0.3) is 11.6 Å². The van der Waals surface area contributed by atoms with Crippen molar-refractivity contribution in [1.82, 2.24) is 5.32 Å². The number of benzene rings is 2. The van der Waals surface area contributed by atoms with Crippen molar-refractivity contribution in [3.8, 4) is 10.8 Å². The van der Waals surface area contributed by atoms with Crippen LogP contribution in [0.5, 0.6) is 10.8 Å². The smallest absolute Gasteiger partial charge is 0.199 e. The Kier molecular flexibility index (Phi) is 6.43. The average Bonchev–Trinajstić information content (AvgIpc) is 2.89. The Morgan fingerprint density at radius 1 is 1.03 bits per heavy atom. The number of rotatable bonds is 6. The van der Waals surface area contributed by atoms with E-state index < -0.39 is 0 Å². The van der Waals surface area contributed by atoms with Crippen molar-refractivity contribution >= 4 is 34.6 Å². The largest absolute Gasteiger partial charge is 0.445 e. The minimum atomic E-state index is 0.661. The summed E-state index contributed by atoms with van der Waals surface area (Å²) in [6.45, 7) is 7.89. The number of fused-ring (bicyclic) bond motifs is 1. The number of ether oxygens (including phenoxy) is 1. The third-order valence-corrected chi connectivity index (χ3v) is 6.55. The number of halogens is 1. The molecular weight excluding hydrogens is 410 g/mol. The lowest BCUT2D eigenvalue weighted by molar-refractivity contribution is 0.496. The van der Waals surface area contributed by atoms with E-state index in [2.05, 4.69) is 68.6 Å². The van der Waals surface area contributed by atoms with Gasteiger partial charge in [0, 0.05) is 18.0 Å². The van der Waals surface area contributed by atoms with Gasteiger partial charge in [0.05, 0.1) is 5.02 Å². The molecule has 4 heteroatoms. The fourth-order valence-corrected chi connectivity index (χ4v) is 5.14. The third-order valence-electron chi connectivity index (χ3n) is 5.15. The van der Waals surface area contributed by atoms with Gasteiger partial charge in [0.1, 0.15) is 5.75 Å². The summed E-state index contributed by atoms with van der Waals surface area (Å²) >= 11 is 8.04. The highest BCUT2D eigenvalue weighted by molar-refractivity contribution is 7.14. The normalized spacial score (nSPS) is 13.0. The molecule has 1 N–H and O–H groups in total. The number of allylic oxidation sites excluding steroid dienone is 1. The number of thiophene rings is 1. The second-order valence-electron chi connectivity index (χ2n) is 7.78. The van der Waals surface area contributed by atoms with Crippen LogP contribution in [0.1, 0.15) is 28.0 Å². The van der Waals surface area contributed by atoms with Crippen LogP contribution in [0.15, 0.2) is 54.6 Å². The maximum Gasteiger partial charge on any atom is 0.199 e. The summed E-state index contributed by atoms with van der Waals surface area (Å²) in [7, 11) is 0. The van der Waals surface area contributed by atoms with Crippen LogP contribution in [0.2, 0.25) is 5.02 Å². The van der Waals surface area contributed by atoms with Gasteiger partial charge in [-0.25, -0.2) is 0 Å². The molecule has 0 aliphatic heterocycles. The summed E-state index contributed by atoms with van der Waals surface area (Å²) < 4.78 is 6.06. The Hall–Kier alpha value is -2.33. The maximum absolute atomic E-state index is 6.45. The minimum Gasteiger partial charge on any atom is -0.445 e. The highest BCUT2D eigenvalue weighted by atomic mass is 35.5. The van der Waals surface area contributed by atoms with Gasteiger partial charge in [0.2, 0.25) is 0 Å². The van der Waals surface area contributed by atoms with E-state index in [0.29, 0.717) is 5.02 Å². The summed E-state index contributed by atoms with van der Waals surface area (Å²) in [5.74, 6) is 0.832. The average molecular weight is 436 g/mol. The second kappa shape index (κ2) is 9.22. The van der Waals surface area contributed by atoms with Crippen molar-refractivity contribution < 1.29 is 4.74 Å². The molecule has 0 bridgehead atoms. The van der Waals surface area contributed by atoms with Gasteiger partial charge in [-0.2, -0.15) is 0 Å². The predicted octanol–water partition coefficient (Wildman–Crippen LogP) is 5.80. The molecule has 0 spiro atoms. The first-order valence-corrected chi connectivity index (χ1v) is 11.4. The van der Waals surface area contributed by atoms with Crippen LogP contribution in [0.3, 0.4) is 0 Å². The molecule has 4 rings (SSSR count). The number of aryl methyl sites for hydroxylation is 3. The van der Waals surface area contributed by atoms with Crippen LogP contribution in [-0.4, -0.2) is 6.54 Å². The summed E-state index contributed by atoms with van der Waals surface area (Å²) in [5.41, 5.74) is 5.00. The van der Waals surface area contributed by atoms with Crippen LogP contribution < -0.4 is 20.5 Å². The van der Waals surface area contributed by atoms with Crippen molar-refractivity contribution in [2.45, 2.75) is 33.7 Å². The molecular formula is C26H26ClNOS. The molecule has 1 aliphatic carbocycles. The molecule has 0 atom stereocenters. The van der Waals surface area contributed by atoms with E-state index >= 15 is 0 Å². The number of hydrogen-bond donors (Lipinski definition) is 1. The van der Waals surface area contributed by atoms with E-state index in [1.807, 2.05) is 18.2 Å². The second-order valence-corrected chi connectivity index (χ2v) is 9.29. The van der Waals surface area contributed by atoms with E-state index in [1.165, 1.54) is 32.7 Å². The van der Waals surface area contributed by atoms with Crippen LogP contribution >= 0.6 is 22.9 Å². The summed E-state index contributed by atoms with van der Waals surface area (Å²) in [6, 6.07) is 14.7. The number of hydrogen-bond acceptors (Lipinski definition) is 3. The van der Waals surface area contributed by atoms with Gasteiger partial charge in [-0.3, -0.25) is 0 Å². The molecule has 0 unspecified atom stereocenters. The van der Waals surface area contributed by atoms with E-state index in [-0.39, 0.29) is 0 Å². The lowest BCUT2D eigenvalue weighted by Crippen LogP contribution is -2.31. The number of nitrogens with one attached hydrogen (secondary N) is 1. The Morgan fingerprint density at radius 2 is 1.83 bits per heavy atom. The molecule has 30 heavy (non-hydrogen) atoms. The standard InChI is InChI=1S/C26H26ClNOS/c1-17-11-18(2)13-22(12-17)29-26-24(27)14-23(30-26)16-28-15-21-9-5-4-8-20-10-6-7-19(3)25(20)21/h5-14,28H,4,15-16H2,1-3H3. The first kappa shape index (κ1) is 20.9. The van der Waals surface area contributed by atoms with Crippen LogP contribution in [0.4, 0.5) is 0 Å². The zero-order chi connectivity index (χ0) is 21.1. The lowest BCUT2D eigenvalue weighted by Gasteiger charge is -2.07. The molecule has 0 radical (unpaired) electrons. The third kappa shape index (κ3) is 4.86. The molecule has 154 valence electrons. The highest BCUT2D eigenvalue weighted by Crippen LogP contribution is 2.38. The molecule has 2 nitrogen and oxygen atoms in total. The summed E-state index contributed by atoms with van der Waals surface area (Å²) in [4.78, 5) is 1.16. The molecule has 1 aliphatic rings. The lowest BCUT2D eigenvalue weighted by atomic mass is 10.1. The minimum absolute atomic E-state index is 0.661. The SMILES string of the molecule is Cc1cc(C)cc(Oc2sc(CNCC3=c4c(C)cccc4=CCC=C3)cc2Cl)c1. The molecule has 0 amide bonds. The first-order valence-electron chi connectivity index (χ1n) is 10.2. The van der Waals surface area contributed by atoms with E-state index in [0.717, 1.165) is 35.2 Å². The molecule has 0 fully saturated rings. The quantitative estimate of drug-likeness (QED) is 0.528. The highest BCUT2D eigenvalue weighted by Gasteiger charge is 2.11. The Labute approximate surface area is 187 Å². The molecule has 3 aromatic rings. The Balaban J connectivity index is 1.47. The molecule has 1 aromatic heterocycles. The maximum atomic E-state index is 6.45. The molecule has 1 heterocycles. The molecule has 0 saturated heterocycles. The molecule has 0 saturated carbocycles. The van der Waals surface area contributed by atoms with Gasteiger partial charge in [-0.1, -0.05) is 54.1 Å². The van der Waals surface area contributed by atoms with Gasteiger partial charge >= 0.3 is 0 Å². The van der Waals surface area contributed by atoms with Gasteiger partial charge in [-0.15, -0.1) is 11.3 Å². The fraction of sp³-hybridized carbons (Fsp3) is 0.231. The van der Waals surface area contributed by atoms with Crippen molar-refractivity contribution in [2.24, 2.45) is 0 Å². The van der Waals surface area contributed by atoms with Crippen molar-refractivity contribution in [3.05, 3.63) is 91.6 Å². The monoisotopic (exact) mass is 435 g/mol. The predicted molar refractivity (Wildman–Crippen MR) is 129 cm³/mol. The molecule has 2 aromatic carbocycles. The van der Waals surface area contributed by atoms with E-state index in [9.17, 15) is 0 Å². The Morgan fingerprint density at radius 3 is 2.63 bits per heavy atom. The van der Waals surface area contributed by atoms with Crippen LogP contribution in [-0.2, 0) is 6.54 Å². The van der Waals surface area contributed by atoms with Gasteiger partial charge in [0.25, 0.3) is 0 Å². The fourth-order valence-electron chi connectivity index (χ4n) is 3.91. The van der Waals surface area contributed by atoms with Gasteiger partial charge < -0.3 is 10.1 Å². The van der Waals surface area contributed by atoms with Gasteiger partial charge in [-0.05, 0) is 78.1 Å². The Bertz CT molecular complexity index is 1200. The topological polar surface area (TPSA) is 21.3 Å². The van der Waals surface area contributed by atoms with Crippen LogP contribution in [0, 0.1) is 20.8 Å². The zero-order valence-electron chi connectivity index (χ0n) is 17.6.